The second kappa shape index (κ2) is 7.50. The van der Waals surface area contributed by atoms with Crippen LogP contribution in [-0.4, -0.2) is 36.3 Å². The highest BCUT2D eigenvalue weighted by Crippen LogP contribution is 2.21. The Kier molecular flexibility index (Phi) is 5.66. The molecular formula is C13H21ClN4O. The van der Waals surface area contributed by atoms with Gasteiger partial charge in [-0.05, 0) is 25.2 Å². The van der Waals surface area contributed by atoms with Gasteiger partial charge in [0.2, 0.25) is 5.95 Å². The Labute approximate surface area is 119 Å². The number of nitrogens with zero attached hydrogens (tertiary/aromatic N) is 2. The molecule has 1 aromatic heterocycles. The predicted molar refractivity (Wildman–Crippen MR) is 77.9 cm³/mol. The van der Waals surface area contributed by atoms with Gasteiger partial charge in [-0.15, -0.1) is 0 Å². The molecule has 19 heavy (non-hydrogen) atoms. The van der Waals surface area contributed by atoms with Crippen molar-refractivity contribution in [1.82, 2.24) is 9.97 Å². The smallest absolute Gasteiger partial charge is 0.224 e. The standard InChI is InChI=1S/C13H21ClN4O/c1-2-5-15-13-17-9-11(14)12(18-13)16-8-10-3-6-19-7-4-10/h9-10H,2-8H2,1H3,(H2,15,16,17,18). The first kappa shape index (κ1) is 14.3. The summed E-state index contributed by atoms with van der Waals surface area (Å²) in [5, 5.41) is 7.04. The summed E-state index contributed by atoms with van der Waals surface area (Å²) >= 11 is 6.11. The van der Waals surface area contributed by atoms with Crippen LogP contribution in [0.5, 0.6) is 0 Å². The van der Waals surface area contributed by atoms with E-state index in [4.69, 9.17) is 16.3 Å². The van der Waals surface area contributed by atoms with Crippen LogP contribution in [0.3, 0.4) is 0 Å². The van der Waals surface area contributed by atoms with Crippen molar-refractivity contribution >= 4 is 23.4 Å². The van der Waals surface area contributed by atoms with Gasteiger partial charge in [-0.3, -0.25) is 0 Å². The maximum absolute atomic E-state index is 6.11. The van der Waals surface area contributed by atoms with E-state index in [0.717, 1.165) is 45.6 Å². The summed E-state index contributed by atoms with van der Waals surface area (Å²) in [4.78, 5) is 8.55. The van der Waals surface area contributed by atoms with Crippen molar-refractivity contribution in [3.8, 4) is 0 Å². The SMILES string of the molecule is CCCNc1ncc(Cl)c(NCC2CCOCC2)n1. The number of hydrogen-bond donors (Lipinski definition) is 2. The lowest BCUT2D eigenvalue weighted by molar-refractivity contribution is 0.0699. The summed E-state index contributed by atoms with van der Waals surface area (Å²) < 4.78 is 5.35. The third-order valence-corrected chi connectivity index (χ3v) is 3.45. The summed E-state index contributed by atoms with van der Waals surface area (Å²) in [5.41, 5.74) is 0. The molecule has 0 radical (unpaired) electrons. The van der Waals surface area contributed by atoms with Gasteiger partial charge in [0, 0.05) is 26.3 Å². The fraction of sp³-hybridized carbons (Fsp3) is 0.692. The van der Waals surface area contributed by atoms with Crippen LogP contribution in [0.1, 0.15) is 26.2 Å². The first-order valence-corrected chi connectivity index (χ1v) is 7.25. The molecule has 1 saturated heterocycles. The fourth-order valence-electron chi connectivity index (χ4n) is 2.00. The van der Waals surface area contributed by atoms with Crippen molar-refractivity contribution in [1.29, 1.82) is 0 Å². The van der Waals surface area contributed by atoms with E-state index in [0.29, 0.717) is 22.7 Å². The molecule has 0 aliphatic carbocycles. The molecule has 1 aliphatic heterocycles. The van der Waals surface area contributed by atoms with E-state index in [1.165, 1.54) is 0 Å². The molecule has 2 heterocycles. The summed E-state index contributed by atoms with van der Waals surface area (Å²) in [6.07, 6.45) is 4.86. The van der Waals surface area contributed by atoms with E-state index in [-0.39, 0.29) is 0 Å². The predicted octanol–water partition coefficient (Wildman–Crippen LogP) is 2.79. The summed E-state index contributed by atoms with van der Waals surface area (Å²) in [6.45, 7) is 5.56. The quantitative estimate of drug-likeness (QED) is 0.841. The van der Waals surface area contributed by atoms with Gasteiger partial charge in [0.1, 0.15) is 10.8 Å². The van der Waals surface area contributed by atoms with Crippen molar-refractivity contribution in [3.05, 3.63) is 11.2 Å². The average molecular weight is 285 g/mol. The van der Waals surface area contributed by atoms with Crippen LogP contribution in [0.2, 0.25) is 5.02 Å². The van der Waals surface area contributed by atoms with E-state index in [2.05, 4.69) is 27.5 Å². The minimum absolute atomic E-state index is 0.564. The maximum atomic E-state index is 6.11. The molecule has 6 heteroatoms. The van der Waals surface area contributed by atoms with E-state index in [1.807, 2.05) is 0 Å². The van der Waals surface area contributed by atoms with Crippen molar-refractivity contribution < 1.29 is 4.74 Å². The monoisotopic (exact) mass is 284 g/mol. The molecule has 1 fully saturated rings. The molecule has 0 atom stereocenters. The van der Waals surface area contributed by atoms with Gasteiger partial charge in [0.15, 0.2) is 0 Å². The molecule has 1 aromatic rings. The molecule has 106 valence electrons. The number of ether oxygens (including phenoxy) is 1. The zero-order chi connectivity index (χ0) is 13.5. The highest BCUT2D eigenvalue weighted by Gasteiger charge is 2.14. The van der Waals surface area contributed by atoms with Gasteiger partial charge in [0.05, 0.1) is 6.20 Å². The Hall–Kier alpha value is -1.07. The van der Waals surface area contributed by atoms with Gasteiger partial charge >= 0.3 is 0 Å². The Bertz CT molecular complexity index is 396. The molecule has 0 bridgehead atoms. The van der Waals surface area contributed by atoms with Gasteiger partial charge < -0.3 is 15.4 Å². The largest absolute Gasteiger partial charge is 0.381 e. The molecule has 1 aliphatic rings. The van der Waals surface area contributed by atoms with E-state index >= 15 is 0 Å². The van der Waals surface area contributed by atoms with Crippen molar-refractivity contribution in [2.45, 2.75) is 26.2 Å². The number of halogens is 1. The van der Waals surface area contributed by atoms with Crippen LogP contribution in [0.15, 0.2) is 6.20 Å². The second-order valence-corrected chi connectivity index (χ2v) is 5.16. The van der Waals surface area contributed by atoms with E-state index < -0.39 is 0 Å². The third-order valence-electron chi connectivity index (χ3n) is 3.18. The Balaban J connectivity index is 1.90. The molecule has 2 N–H and O–H groups in total. The van der Waals surface area contributed by atoms with Crippen LogP contribution in [-0.2, 0) is 4.74 Å². The third kappa shape index (κ3) is 4.51. The molecule has 0 saturated carbocycles. The van der Waals surface area contributed by atoms with E-state index in [1.54, 1.807) is 6.20 Å². The van der Waals surface area contributed by atoms with Crippen molar-refractivity contribution in [2.24, 2.45) is 5.92 Å². The molecular weight excluding hydrogens is 264 g/mol. The maximum Gasteiger partial charge on any atom is 0.224 e. The normalized spacial score (nSPS) is 16.3. The molecule has 0 spiro atoms. The zero-order valence-corrected chi connectivity index (χ0v) is 12.0. The average Bonchev–Trinajstić information content (AvgIpc) is 2.46. The van der Waals surface area contributed by atoms with Crippen LogP contribution in [0, 0.1) is 5.92 Å². The van der Waals surface area contributed by atoms with Crippen LogP contribution < -0.4 is 10.6 Å². The first-order valence-electron chi connectivity index (χ1n) is 6.87. The lowest BCUT2D eigenvalue weighted by Gasteiger charge is -2.22. The second-order valence-electron chi connectivity index (χ2n) is 4.75. The van der Waals surface area contributed by atoms with Crippen LogP contribution in [0.25, 0.3) is 0 Å². The molecule has 0 amide bonds. The van der Waals surface area contributed by atoms with Crippen molar-refractivity contribution in [2.75, 3.05) is 36.9 Å². The number of nitrogens with one attached hydrogen (secondary N) is 2. The lowest BCUT2D eigenvalue weighted by Crippen LogP contribution is -2.23. The van der Waals surface area contributed by atoms with E-state index in [9.17, 15) is 0 Å². The Morgan fingerprint density at radius 3 is 2.89 bits per heavy atom. The number of aromatic nitrogens is 2. The van der Waals surface area contributed by atoms with Crippen LogP contribution >= 0.6 is 11.6 Å². The fourth-order valence-corrected chi connectivity index (χ4v) is 2.16. The Morgan fingerprint density at radius 2 is 2.16 bits per heavy atom. The number of rotatable bonds is 6. The lowest BCUT2D eigenvalue weighted by atomic mass is 10.0. The first-order chi connectivity index (χ1) is 9.29. The summed E-state index contributed by atoms with van der Waals surface area (Å²) in [7, 11) is 0. The van der Waals surface area contributed by atoms with Gasteiger partial charge in [-0.1, -0.05) is 18.5 Å². The molecule has 0 aromatic carbocycles. The topological polar surface area (TPSA) is 59.1 Å². The van der Waals surface area contributed by atoms with Gasteiger partial charge in [-0.25, -0.2) is 4.98 Å². The minimum Gasteiger partial charge on any atom is -0.381 e. The highest BCUT2D eigenvalue weighted by atomic mass is 35.5. The Morgan fingerprint density at radius 1 is 1.37 bits per heavy atom. The van der Waals surface area contributed by atoms with Crippen molar-refractivity contribution in [3.63, 3.8) is 0 Å². The molecule has 2 rings (SSSR count). The molecule has 5 nitrogen and oxygen atoms in total. The van der Waals surface area contributed by atoms with Gasteiger partial charge in [-0.2, -0.15) is 4.98 Å². The van der Waals surface area contributed by atoms with Gasteiger partial charge in [0.25, 0.3) is 0 Å². The number of anilines is 2. The molecule has 0 unspecified atom stereocenters. The minimum atomic E-state index is 0.564. The highest BCUT2D eigenvalue weighted by molar-refractivity contribution is 6.32. The summed E-state index contributed by atoms with van der Waals surface area (Å²) in [5.74, 6) is 1.97. The zero-order valence-electron chi connectivity index (χ0n) is 11.3. The number of hydrogen-bond acceptors (Lipinski definition) is 5. The summed E-state index contributed by atoms with van der Waals surface area (Å²) in [6, 6.07) is 0. The van der Waals surface area contributed by atoms with Crippen LogP contribution in [0.4, 0.5) is 11.8 Å².